The highest BCUT2D eigenvalue weighted by Crippen LogP contribution is 2.39. The monoisotopic (exact) mass is 213 g/mol. The van der Waals surface area contributed by atoms with Crippen molar-refractivity contribution < 1.29 is 9.78 Å². The third-order valence-electron chi connectivity index (χ3n) is 2.60. The second-order valence-corrected chi connectivity index (χ2v) is 4.03. The first kappa shape index (κ1) is 9.21. The van der Waals surface area contributed by atoms with E-state index < -0.39 is 0 Å². The molecule has 1 aromatic heterocycles. The van der Waals surface area contributed by atoms with Crippen molar-refractivity contribution >= 4 is 0 Å². The van der Waals surface area contributed by atoms with Crippen LogP contribution in [-0.4, -0.2) is 4.98 Å². The molecule has 80 valence electrons. The number of aryl methyl sites for hydroxylation is 2. The Labute approximate surface area is 93.6 Å². The number of rotatable bonds is 0. The smallest absolute Gasteiger partial charge is 0.205 e. The molecule has 0 atom stereocenters. The molecule has 0 saturated carbocycles. The maximum absolute atomic E-state index is 5.25. The molecular formula is C13H11NO2. The molecule has 1 aliphatic rings. The molecule has 1 aliphatic heterocycles. The van der Waals surface area contributed by atoms with Crippen LogP contribution in [-0.2, 0) is 0 Å². The standard InChI is InChI=1S/C13H11NO2/c1-8-3-4-10-11(5-8)15-16-12-6-9(2)7-14-13(10)12/h3-7H,1-2H3. The van der Waals surface area contributed by atoms with E-state index in [1.807, 2.05) is 44.3 Å². The van der Waals surface area contributed by atoms with Gasteiger partial charge in [-0.05, 0) is 43.2 Å². The van der Waals surface area contributed by atoms with Crippen LogP contribution in [0, 0.1) is 13.8 Å². The zero-order valence-corrected chi connectivity index (χ0v) is 9.15. The molecule has 3 heteroatoms. The predicted molar refractivity (Wildman–Crippen MR) is 60.4 cm³/mol. The summed E-state index contributed by atoms with van der Waals surface area (Å²) in [7, 11) is 0. The lowest BCUT2D eigenvalue weighted by Gasteiger charge is -2.18. The van der Waals surface area contributed by atoms with E-state index in [4.69, 9.17) is 9.78 Å². The fourth-order valence-corrected chi connectivity index (χ4v) is 1.79. The SMILES string of the molecule is Cc1ccc2c(c1)OOc1cc(C)cnc1-2. The van der Waals surface area contributed by atoms with Crippen LogP contribution < -0.4 is 9.78 Å². The average Bonchev–Trinajstić information content (AvgIpc) is 2.28. The minimum Gasteiger partial charge on any atom is -0.289 e. The summed E-state index contributed by atoms with van der Waals surface area (Å²) in [5.74, 6) is 1.40. The van der Waals surface area contributed by atoms with Gasteiger partial charge in [-0.15, -0.1) is 0 Å². The lowest BCUT2D eigenvalue weighted by atomic mass is 10.1. The summed E-state index contributed by atoms with van der Waals surface area (Å²) < 4.78 is 0. The first-order valence-electron chi connectivity index (χ1n) is 5.16. The molecule has 0 aliphatic carbocycles. The van der Waals surface area contributed by atoms with Crippen LogP contribution in [0.1, 0.15) is 11.1 Å². The second kappa shape index (κ2) is 3.23. The average molecular weight is 213 g/mol. The quantitative estimate of drug-likeness (QED) is 0.630. The molecule has 0 fully saturated rings. The molecule has 16 heavy (non-hydrogen) atoms. The van der Waals surface area contributed by atoms with Gasteiger partial charge in [-0.2, -0.15) is 0 Å². The van der Waals surface area contributed by atoms with E-state index in [1.54, 1.807) is 0 Å². The first-order valence-corrected chi connectivity index (χ1v) is 5.16. The Hall–Kier alpha value is -2.03. The van der Waals surface area contributed by atoms with Crippen molar-refractivity contribution in [3.8, 4) is 22.8 Å². The van der Waals surface area contributed by atoms with Gasteiger partial charge in [-0.1, -0.05) is 6.07 Å². The Kier molecular flexibility index (Phi) is 1.86. The summed E-state index contributed by atoms with van der Waals surface area (Å²) in [6.07, 6.45) is 1.83. The third kappa shape index (κ3) is 1.33. The Balaban J connectivity index is 2.23. The van der Waals surface area contributed by atoms with E-state index >= 15 is 0 Å². The van der Waals surface area contributed by atoms with Crippen molar-refractivity contribution in [3.05, 3.63) is 41.6 Å². The molecule has 0 spiro atoms. The van der Waals surface area contributed by atoms with Crippen molar-refractivity contribution in [2.75, 3.05) is 0 Å². The van der Waals surface area contributed by atoms with Crippen molar-refractivity contribution in [1.82, 2.24) is 4.98 Å². The third-order valence-corrected chi connectivity index (χ3v) is 2.60. The molecule has 0 unspecified atom stereocenters. The summed E-state index contributed by atoms with van der Waals surface area (Å²) in [6.45, 7) is 3.99. The van der Waals surface area contributed by atoms with Crippen LogP contribution in [0.4, 0.5) is 0 Å². The molecule has 0 amide bonds. The molecule has 0 radical (unpaired) electrons. The summed E-state index contributed by atoms with van der Waals surface area (Å²) in [4.78, 5) is 14.9. The largest absolute Gasteiger partial charge is 0.289 e. The number of aromatic nitrogens is 1. The first-order chi connectivity index (χ1) is 7.74. The van der Waals surface area contributed by atoms with Gasteiger partial charge in [0.1, 0.15) is 5.69 Å². The zero-order valence-electron chi connectivity index (χ0n) is 9.15. The van der Waals surface area contributed by atoms with Gasteiger partial charge >= 0.3 is 0 Å². The highest BCUT2D eigenvalue weighted by atomic mass is 17.2. The number of nitrogens with zero attached hydrogens (tertiary/aromatic N) is 1. The number of fused-ring (bicyclic) bond motifs is 3. The van der Waals surface area contributed by atoms with E-state index in [0.29, 0.717) is 5.75 Å². The van der Waals surface area contributed by atoms with Gasteiger partial charge < -0.3 is 0 Å². The van der Waals surface area contributed by atoms with E-state index in [-0.39, 0.29) is 0 Å². The Morgan fingerprint density at radius 2 is 1.69 bits per heavy atom. The number of pyridine rings is 1. The fourth-order valence-electron chi connectivity index (χ4n) is 1.79. The maximum atomic E-state index is 5.25. The predicted octanol–water partition coefficient (Wildman–Crippen LogP) is 3.05. The Morgan fingerprint density at radius 1 is 0.938 bits per heavy atom. The van der Waals surface area contributed by atoms with Crippen LogP contribution in [0.5, 0.6) is 11.5 Å². The topological polar surface area (TPSA) is 31.4 Å². The highest BCUT2D eigenvalue weighted by molar-refractivity contribution is 5.74. The summed E-state index contributed by atoms with van der Waals surface area (Å²) in [5, 5.41) is 0. The lowest BCUT2D eigenvalue weighted by Crippen LogP contribution is -2.09. The molecule has 2 aromatic rings. The second-order valence-electron chi connectivity index (χ2n) is 4.03. The van der Waals surface area contributed by atoms with Gasteiger partial charge in [0.15, 0.2) is 5.75 Å². The van der Waals surface area contributed by atoms with Crippen molar-refractivity contribution in [2.24, 2.45) is 0 Å². The van der Waals surface area contributed by atoms with E-state index in [9.17, 15) is 0 Å². The molecule has 3 rings (SSSR count). The minimum absolute atomic E-state index is 0.677. The molecule has 3 nitrogen and oxygen atoms in total. The lowest BCUT2D eigenvalue weighted by molar-refractivity contribution is -0.103. The number of hydrogen-bond donors (Lipinski definition) is 0. The maximum Gasteiger partial charge on any atom is 0.205 e. The van der Waals surface area contributed by atoms with Crippen molar-refractivity contribution in [2.45, 2.75) is 13.8 Å². The van der Waals surface area contributed by atoms with Crippen LogP contribution in [0.15, 0.2) is 30.5 Å². The molecular weight excluding hydrogens is 202 g/mol. The van der Waals surface area contributed by atoms with Crippen molar-refractivity contribution in [1.29, 1.82) is 0 Å². The molecule has 0 bridgehead atoms. The number of hydrogen-bond acceptors (Lipinski definition) is 3. The Morgan fingerprint density at radius 3 is 2.56 bits per heavy atom. The van der Waals surface area contributed by atoms with Gasteiger partial charge in [0.05, 0.1) is 5.56 Å². The molecule has 0 saturated heterocycles. The van der Waals surface area contributed by atoms with Crippen LogP contribution in [0.25, 0.3) is 11.3 Å². The summed E-state index contributed by atoms with van der Waals surface area (Å²) >= 11 is 0. The van der Waals surface area contributed by atoms with E-state index in [0.717, 1.165) is 28.1 Å². The van der Waals surface area contributed by atoms with Crippen molar-refractivity contribution in [3.63, 3.8) is 0 Å². The van der Waals surface area contributed by atoms with Gasteiger partial charge in [0.2, 0.25) is 5.75 Å². The molecule has 2 heterocycles. The van der Waals surface area contributed by atoms with Crippen LogP contribution >= 0.6 is 0 Å². The van der Waals surface area contributed by atoms with Crippen LogP contribution in [0.3, 0.4) is 0 Å². The van der Waals surface area contributed by atoms with Gasteiger partial charge in [-0.25, -0.2) is 0 Å². The summed E-state index contributed by atoms with van der Waals surface area (Å²) in [6, 6.07) is 7.91. The zero-order chi connectivity index (χ0) is 11.1. The number of benzene rings is 1. The normalized spacial score (nSPS) is 12.1. The van der Waals surface area contributed by atoms with E-state index in [2.05, 4.69) is 4.98 Å². The van der Waals surface area contributed by atoms with Crippen LogP contribution in [0.2, 0.25) is 0 Å². The molecule has 0 N–H and O–H groups in total. The summed E-state index contributed by atoms with van der Waals surface area (Å²) in [5.41, 5.74) is 4.01. The van der Waals surface area contributed by atoms with Gasteiger partial charge in [0, 0.05) is 6.20 Å². The van der Waals surface area contributed by atoms with E-state index in [1.165, 1.54) is 0 Å². The molecule has 1 aromatic carbocycles. The fraction of sp³-hybridized carbons (Fsp3) is 0.154. The highest BCUT2D eigenvalue weighted by Gasteiger charge is 2.20. The van der Waals surface area contributed by atoms with Gasteiger partial charge in [-0.3, -0.25) is 14.8 Å². The Bertz CT molecular complexity index is 512. The minimum atomic E-state index is 0.677. The van der Waals surface area contributed by atoms with Gasteiger partial charge in [0.25, 0.3) is 0 Å².